The lowest BCUT2D eigenvalue weighted by molar-refractivity contribution is -0.141. The van der Waals surface area contributed by atoms with Gasteiger partial charge in [0, 0.05) is 50.1 Å². The van der Waals surface area contributed by atoms with Crippen LogP contribution < -0.4 is 9.47 Å². The highest BCUT2D eigenvalue weighted by Crippen LogP contribution is 2.40. The molecule has 0 aromatic heterocycles. The molecule has 0 radical (unpaired) electrons. The van der Waals surface area contributed by atoms with Crippen molar-refractivity contribution in [3.05, 3.63) is 59.4 Å². The predicted octanol–water partition coefficient (Wildman–Crippen LogP) is 1.89. The average molecular weight is 526 g/mol. The Hall–Kier alpha value is -3.70. The van der Waals surface area contributed by atoms with Crippen LogP contribution in [0.15, 0.2) is 42.5 Å². The highest BCUT2D eigenvalue weighted by Gasteiger charge is 2.55. The second-order valence-electron chi connectivity index (χ2n) is 9.75. The SMILES string of the molecule is O=C(c1ccc2c(c1)OCO2)N1CCC2(CC1)OCC(C(=O)N1CCOCC1)N2C(=O)c1ccc(F)cc1. The summed E-state index contributed by atoms with van der Waals surface area (Å²) in [5.41, 5.74) is -0.295. The molecule has 38 heavy (non-hydrogen) atoms. The molecule has 4 aliphatic heterocycles. The Kier molecular flexibility index (Phi) is 6.40. The summed E-state index contributed by atoms with van der Waals surface area (Å²) in [4.78, 5) is 45.5. The van der Waals surface area contributed by atoms with E-state index in [9.17, 15) is 18.8 Å². The number of fused-ring (bicyclic) bond motifs is 1. The maximum absolute atomic E-state index is 13.8. The Balaban J connectivity index is 1.23. The number of carbonyl (C=O) groups excluding carboxylic acids is 3. The number of halogens is 1. The van der Waals surface area contributed by atoms with Crippen molar-refractivity contribution >= 4 is 17.7 Å². The highest BCUT2D eigenvalue weighted by molar-refractivity contribution is 5.99. The predicted molar refractivity (Wildman–Crippen MR) is 130 cm³/mol. The van der Waals surface area contributed by atoms with Crippen LogP contribution in [0, 0.1) is 5.82 Å². The van der Waals surface area contributed by atoms with Gasteiger partial charge in [-0.2, -0.15) is 0 Å². The van der Waals surface area contributed by atoms with Crippen LogP contribution in [-0.2, 0) is 14.3 Å². The molecule has 1 spiro atoms. The molecule has 4 heterocycles. The van der Waals surface area contributed by atoms with Crippen LogP contribution in [0.4, 0.5) is 4.39 Å². The summed E-state index contributed by atoms with van der Waals surface area (Å²) in [5, 5.41) is 0. The number of morpholine rings is 1. The number of likely N-dealkylation sites (tertiary alicyclic amines) is 1. The van der Waals surface area contributed by atoms with Crippen molar-refractivity contribution in [1.29, 1.82) is 0 Å². The Morgan fingerprint density at radius 3 is 2.24 bits per heavy atom. The summed E-state index contributed by atoms with van der Waals surface area (Å²) in [6.45, 7) is 2.61. The van der Waals surface area contributed by atoms with E-state index >= 15 is 0 Å². The molecule has 3 amide bonds. The molecule has 0 bridgehead atoms. The minimum Gasteiger partial charge on any atom is -0.454 e. The van der Waals surface area contributed by atoms with Crippen LogP contribution in [0.25, 0.3) is 0 Å². The van der Waals surface area contributed by atoms with Crippen LogP contribution in [0.5, 0.6) is 11.5 Å². The third kappa shape index (κ3) is 4.35. The van der Waals surface area contributed by atoms with E-state index in [0.29, 0.717) is 69.3 Å². The van der Waals surface area contributed by atoms with Gasteiger partial charge in [0.25, 0.3) is 11.8 Å². The molecular weight excluding hydrogens is 497 g/mol. The lowest BCUT2D eigenvalue weighted by Gasteiger charge is -2.45. The number of carbonyl (C=O) groups is 3. The topological polar surface area (TPSA) is 97.8 Å². The molecule has 0 saturated carbocycles. The quantitative estimate of drug-likeness (QED) is 0.604. The van der Waals surface area contributed by atoms with Gasteiger partial charge in [-0.25, -0.2) is 4.39 Å². The molecule has 2 aromatic carbocycles. The van der Waals surface area contributed by atoms with E-state index in [0.717, 1.165) is 0 Å². The zero-order chi connectivity index (χ0) is 26.3. The van der Waals surface area contributed by atoms with Crippen molar-refractivity contribution < 1.29 is 37.7 Å². The van der Waals surface area contributed by atoms with E-state index in [4.69, 9.17) is 18.9 Å². The summed E-state index contributed by atoms with van der Waals surface area (Å²) < 4.78 is 36.0. The third-order valence-electron chi connectivity index (χ3n) is 7.63. The fourth-order valence-electron chi connectivity index (χ4n) is 5.55. The van der Waals surface area contributed by atoms with Crippen LogP contribution in [0.1, 0.15) is 33.6 Å². The Morgan fingerprint density at radius 2 is 1.50 bits per heavy atom. The number of ether oxygens (including phenoxy) is 4. The van der Waals surface area contributed by atoms with E-state index in [1.165, 1.54) is 29.2 Å². The molecule has 1 unspecified atom stereocenters. The van der Waals surface area contributed by atoms with Gasteiger partial charge >= 0.3 is 0 Å². The maximum Gasteiger partial charge on any atom is 0.256 e. The number of rotatable bonds is 3. The van der Waals surface area contributed by atoms with Crippen molar-refractivity contribution in [3.8, 4) is 11.5 Å². The van der Waals surface area contributed by atoms with E-state index in [1.54, 1.807) is 28.0 Å². The fraction of sp³-hybridized carbons (Fsp3) is 0.444. The first-order valence-electron chi connectivity index (χ1n) is 12.7. The van der Waals surface area contributed by atoms with E-state index < -0.39 is 23.5 Å². The molecule has 200 valence electrons. The van der Waals surface area contributed by atoms with Gasteiger partial charge in [-0.05, 0) is 42.5 Å². The highest BCUT2D eigenvalue weighted by atomic mass is 19.1. The third-order valence-corrected chi connectivity index (χ3v) is 7.63. The molecule has 0 aliphatic carbocycles. The lowest BCUT2D eigenvalue weighted by Crippen LogP contribution is -2.60. The summed E-state index contributed by atoms with van der Waals surface area (Å²) in [5.74, 6) is -0.0729. The van der Waals surface area contributed by atoms with Crippen molar-refractivity contribution in [3.63, 3.8) is 0 Å². The smallest absolute Gasteiger partial charge is 0.256 e. The number of hydrogen-bond donors (Lipinski definition) is 0. The molecule has 3 saturated heterocycles. The molecule has 10 nitrogen and oxygen atoms in total. The van der Waals surface area contributed by atoms with Crippen molar-refractivity contribution in [2.24, 2.45) is 0 Å². The Bertz CT molecular complexity index is 1240. The van der Waals surface area contributed by atoms with Crippen LogP contribution in [-0.4, -0.2) is 97.0 Å². The standard InChI is InChI=1S/C27H28FN3O7/c28-20-4-1-18(2-5-20)25(33)31-21(26(34)30-11-13-35-14-12-30)16-38-27(31)7-9-29(10-8-27)24(32)19-3-6-22-23(15-19)37-17-36-22/h1-6,15,21H,7-14,16-17H2. The molecule has 11 heteroatoms. The second-order valence-corrected chi connectivity index (χ2v) is 9.75. The van der Waals surface area contributed by atoms with Gasteiger partial charge in [-0.1, -0.05) is 0 Å². The van der Waals surface area contributed by atoms with E-state index in [2.05, 4.69) is 0 Å². The molecule has 6 rings (SSSR count). The van der Waals surface area contributed by atoms with Crippen molar-refractivity contribution in [2.45, 2.75) is 24.6 Å². The van der Waals surface area contributed by atoms with Gasteiger partial charge in [0.1, 0.15) is 17.6 Å². The fourth-order valence-corrected chi connectivity index (χ4v) is 5.55. The van der Waals surface area contributed by atoms with Crippen LogP contribution in [0.3, 0.4) is 0 Å². The first-order valence-corrected chi connectivity index (χ1v) is 12.7. The van der Waals surface area contributed by atoms with Crippen LogP contribution >= 0.6 is 0 Å². The largest absolute Gasteiger partial charge is 0.454 e. The number of hydrogen-bond acceptors (Lipinski definition) is 7. The lowest BCUT2D eigenvalue weighted by atomic mass is 9.96. The number of piperidine rings is 1. The average Bonchev–Trinajstić information content (AvgIpc) is 3.58. The normalized spacial score (nSPS) is 22.1. The zero-order valence-electron chi connectivity index (χ0n) is 20.8. The van der Waals surface area contributed by atoms with Crippen molar-refractivity contribution in [2.75, 3.05) is 52.8 Å². The number of amides is 3. The monoisotopic (exact) mass is 525 g/mol. The minimum absolute atomic E-state index is 0.0548. The Labute approximate surface area is 218 Å². The molecule has 0 N–H and O–H groups in total. The molecular formula is C27H28FN3O7. The summed E-state index contributed by atoms with van der Waals surface area (Å²) >= 11 is 0. The summed E-state index contributed by atoms with van der Waals surface area (Å²) in [6, 6.07) is 9.55. The summed E-state index contributed by atoms with van der Waals surface area (Å²) in [7, 11) is 0. The molecule has 1 atom stereocenters. The van der Waals surface area contributed by atoms with Crippen LogP contribution in [0.2, 0.25) is 0 Å². The summed E-state index contributed by atoms with van der Waals surface area (Å²) in [6.07, 6.45) is 0.673. The van der Waals surface area contributed by atoms with Gasteiger partial charge in [0.2, 0.25) is 12.7 Å². The van der Waals surface area contributed by atoms with Gasteiger partial charge in [0.05, 0.1) is 19.8 Å². The molecule has 2 aromatic rings. The first-order chi connectivity index (χ1) is 18.4. The first kappa shape index (κ1) is 24.6. The zero-order valence-corrected chi connectivity index (χ0v) is 20.8. The maximum atomic E-state index is 13.8. The number of benzene rings is 2. The molecule has 3 fully saturated rings. The van der Waals surface area contributed by atoms with Gasteiger partial charge < -0.3 is 28.7 Å². The van der Waals surface area contributed by atoms with Crippen molar-refractivity contribution in [1.82, 2.24) is 14.7 Å². The Morgan fingerprint density at radius 1 is 0.816 bits per heavy atom. The molecule has 4 aliphatic rings. The van der Waals surface area contributed by atoms with Gasteiger partial charge in [-0.15, -0.1) is 0 Å². The number of nitrogens with zero attached hydrogens (tertiary/aromatic N) is 3. The second kappa shape index (κ2) is 9.88. The van der Waals surface area contributed by atoms with Gasteiger partial charge in [0.15, 0.2) is 11.5 Å². The van der Waals surface area contributed by atoms with E-state index in [1.807, 2.05) is 0 Å². The minimum atomic E-state index is -1.05. The van der Waals surface area contributed by atoms with E-state index in [-0.39, 0.29) is 30.8 Å². The van der Waals surface area contributed by atoms with Gasteiger partial charge in [-0.3, -0.25) is 19.3 Å².